The molecule has 2 heteroatoms. The van der Waals surface area contributed by atoms with Crippen LogP contribution in [0.3, 0.4) is 0 Å². The lowest BCUT2D eigenvalue weighted by Crippen LogP contribution is -2.03. The van der Waals surface area contributed by atoms with Crippen molar-refractivity contribution in [2.75, 3.05) is 0 Å². The molecule has 0 fully saturated rings. The van der Waals surface area contributed by atoms with Crippen molar-refractivity contribution in [3.63, 3.8) is 0 Å². The number of benzene rings is 3. The van der Waals surface area contributed by atoms with Gasteiger partial charge in [-0.1, -0.05) is 66.2 Å². The smallest absolute Gasteiger partial charge is 0.141 e. The van der Waals surface area contributed by atoms with E-state index in [4.69, 9.17) is 4.98 Å². The summed E-state index contributed by atoms with van der Waals surface area (Å²) in [6.45, 7) is 5.18. The number of hydrogen-bond donors (Lipinski definition) is 0. The van der Waals surface area contributed by atoms with Crippen LogP contribution >= 0.6 is 0 Å². The second kappa shape index (κ2) is 6.56. The van der Waals surface area contributed by atoms with Crippen molar-refractivity contribution in [2.45, 2.75) is 26.8 Å². The number of rotatable bonds is 4. The Bertz CT molecular complexity index is 996. The molecule has 0 atom stereocenters. The van der Waals surface area contributed by atoms with E-state index in [1.54, 1.807) is 0 Å². The van der Waals surface area contributed by atoms with Crippen LogP contribution in [0.4, 0.5) is 0 Å². The van der Waals surface area contributed by atoms with Crippen molar-refractivity contribution in [2.24, 2.45) is 0 Å². The minimum atomic E-state index is 0.924. The molecule has 25 heavy (non-hydrogen) atoms. The van der Waals surface area contributed by atoms with Crippen LogP contribution in [0.1, 0.15) is 16.7 Å². The summed E-state index contributed by atoms with van der Waals surface area (Å²) in [5, 5.41) is 0. The molecular formula is C23H22N2. The van der Waals surface area contributed by atoms with Crippen LogP contribution in [0.2, 0.25) is 0 Å². The molecule has 0 saturated heterocycles. The zero-order valence-corrected chi connectivity index (χ0v) is 14.7. The highest BCUT2D eigenvalue weighted by Crippen LogP contribution is 2.26. The molecule has 124 valence electrons. The van der Waals surface area contributed by atoms with Gasteiger partial charge in [-0.25, -0.2) is 4.98 Å². The van der Waals surface area contributed by atoms with E-state index in [0.717, 1.165) is 24.3 Å². The maximum Gasteiger partial charge on any atom is 0.141 e. The number of aryl methyl sites for hydroxylation is 4. The lowest BCUT2D eigenvalue weighted by molar-refractivity contribution is 0.723. The Hall–Kier alpha value is -2.87. The van der Waals surface area contributed by atoms with Gasteiger partial charge in [-0.15, -0.1) is 0 Å². The van der Waals surface area contributed by atoms with Crippen LogP contribution in [-0.2, 0) is 13.0 Å². The molecule has 4 aromatic rings. The number of hydrogen-bond acceptors (Lipinski definition) is 1. The van der Waals surface area contributed by atoms with Crippen LogP contribution < -0.4 is 0 Å². The van der Waals surface area contributed by atoms with Gasteiger partial charge in [0.05, 0.1) is 11.0 Å². The van der Waals surface area contributed by atoms with E-state index in [2.05, 4.69) is 91.2 Å². The summed E-state index contributed by atoms with van der Waals surface area (Å²) in [7, 11) is 0. The molecule has 3 aromatic carbocycles. The zero-order chi connectivity index (χ0) is 17.2. The third kappa shape index (κ3) is 3.20. The number of fused-ring (bicyclic) bond motifs is 1. The van der Waals surface area contributed by atoms with E-state index in [1.807, 2.05) is 0 Å². The summed E-state index contributed by atoms with van der Waals surface area (Å²) in [5.74, 6) is 1.05. The highest BCUT2D eigenvalue weighted by molar-refractivity contribution is 5.81. The molecule has 0 saturated carbocycles. The molecule has 1 heterocycles. The van der Waals surface area contributed by atoms with Crippen molar-refractivity contribution >= 4 is 11.0 Å². The highest BCUT2D eigenvalue weighted by Gasteiger charge is 2.12. The van der Waals surface area contributed by atoms with E-state index >= 15 is 0 Å². The first kappa shape index (κ1) is 15.6. The van der Waals surface area contributed by atoms with Gasteiger partial charge in [0.2, 0.25) is 0 Å². The first-order valence-corrected chi connectivity index (χ1v) is 8.78. The summed E-state index contributed by atoms with van der Waals surface area (Å²) >= 11 is 0. The second-order valence-electron chi connectivity index (χ2n) is 6.68. The lowest BCUT2D eigenvalue weighted by Gasteiger charge is -2.10. The van der Waals surface area contributed by atoms with Crippen molar-refractivity contribution in [3.8, 4) is 11.4 Å². The van der Waals surface area contributed by atoms with Gasteiger partial charge in [-0.2, -0.15) is 0 Å². The third-order valence-electron chi connectivity index (χ3n) is 4.68. The summed E-state index contributed by atoms with van der Waals surface area (Å²) in [5.41, 5.74) is 7.34. The summed E-state index contributed by atoms with van der Waals surface area (Å²) in [6.07, 6.45) is 0.999. The summed E-state index contributed by atoms with van der Waals surface area (Å²) in [6, 6.07) is 25.8. The molecule has 0 amide bonds. The van der Waals surface area contributed by atoms with E-state index < -0.39 is 0 Å². The van der Waals surface area contributed by atoms with Crippen molar-refractivity contribution in [1.29, 1.82) is 0 Å². The molecule has 0 bridgehead atoms. The molecule has 0 aliphatic rings. The first-order chi connectivity index (χ1) is 12.2. The fourth-order valence-electron chi connectivity index (χ4n) is 3.27. The van der Waals surface area contributed by atoms with Crippen molar-refractivity contribution in [3.05, 3.63) is 89.5 Å². The van der Waals surface area contributed by atoms with Gasteiger partial charge >= 0.3 is 0 Å². The topological polar surface area (TPSA) is 17.8 Å². The molecule has 1 aromatic heterocycles. The van der Waals surface area contributed by atoms with Gasteiger partial charge in [-0.05, 0) is 43.5 Å². The normalized spacial score (nSPS) is 11.1. The van der Waals surface area contributed by atoms with E-state index in [9.17, 15) is 0 Å². The molecule has 0 aliphatic heterocycles. The lowest BCUT2D eigenvalue weighted by atomic mass is 10.1. The molecule has 0 spiro atoms. The molecule has 0 N–H and O–H groups in total. The van der Waals surface area contributed by atoms with Crippen LogP contribution in [0.5, 0.6) is 0 Å². The van der Waals surface area contributed by atoms with Gasteiger partial charge in [-0.3, -0.25) is 0 Å². The molecule has 0 radical (unpaired) electrons. The van der Waals surface area contributed by atoms with Gasteiger partial charge in [0.15, 0.2) is 0 Å². The number of aromatic nitrogens is 2. The minimum Gasteiger partial charge on any atom is -0.324 e. The highest BCUT2D eigenvalue weighted by atomic mass is 15.1. The Kier molecular flexibility index (Phi) is 4.10. The third-order valence-corrected chi connectivity index (χ3v) is 4.68. The number of imidazole rings is 1. The molecule has 2 nitrogen and oxygen atoms in total. The molecule has 0 unspecified atom stereocenters. The van der Waals surface area contributed by atoms with E-state index in [1.165, 1.54) is 27.8 Å². The largest absolute Gasteiger partial charge is 0.324 e. The fraction of sp³-hybridized carbons (Fsp3) is 0.174. The molecule has 4 rings (SSSR count). The van der Waals surface area contributed by atoms with Crippen molar-refractivity contribution in [1.82, 2.24) is 9.55 Å². The predicted octanol–water partition coefficient (Wildman–Crippen LogP) is 5.56. The van der Waals surface area contributed by atoms with Crippen molar-refractivity contribution < 1.29 is 0 Å². The Labute approximate surface area is 148 Å². The zero-order valence-electron chi connectivity index (χ0n) is 14.7. The van der Waals surface area contributed by atoms with Gasteiger partial charge in [0.1, 0.15) is 5.82 Å². The van der Waals surface area contributed by atoms with Gasteiger partial charge in [0.25, 0.3) is 0 Å². The van der Waals surface area contributed by atoms with E-state index in [-0.39, 0.29) is 0 Å². The standard InChI is InChI=1S/C23H22N2/c1-17-8-11-20(12-9-17)23-24-21-13-10-18(2)16-22(21)25(23)15-14-19-6-4-3-5-7-19/h3-13,16H,14-15H2,1-2H3. The van der Waals surface area contributed by atoms with Crippen LogP contribution in [-0.4, -0.2) is 9.55 Å². The summed E-state index contributed by atoms with van der Waals surface area (Å²) < 4.78 is 2.36. The quantitative estimate of drug-likeness (QED) is 0.480. The average Bonchev–Trinajstić information content (AvgIpc) is 2.99. The Balaban J connectivity index is 1.79. The van der Waals surface area contributed by atoms with Crippen LogP contribution in [0, 0.1) is 13.8 Å². The second-order valence-corrected chi connectivity index (χ2v) is 6.68. The predicted molar refractivity (Wildman–Crippen MR) is 105 cm³/mol. The fourth-order valence-corrected chi connectivity index (χ4v) is 3.27. The summed E-state index contributed by atoms with van der Waals surface area (Å²) in [4.78, 5) is 4.93. The maximum absolute atomic E-state index is 4.93. The SMILES string of the molecule is Cc1ccc(-c2nc3ccc(C)cc3n2CCc2ccccc2)cc1. The van der Waals surface area contributed by atoms with E-state index in [0.29, 0.717) is 0 Å². The molecule has 0 aliphatic carbocycles. The Morgan fingerprint density at radius 2 is 1.52 bits per heavy atom. The monoisotopic (exact) mass is 326 g/mol. The Morgan fingerprint density at radius 1 is 0.800 bits per heavy atom. The maximum atomic E-state index is 4.93. The van der Waals surface area contributed by atoms with Gasteiger partial charge in [0, 0.05) is 12.1 Å². The molecular weight excluding hydrogens is 304 g/mol. The van der Waals surface area contributed by atoms with Gasteiger partial charge < -0.3 is 4.57 Å². The van der Waals surface area contributed by atoms with Crippen LogP contribution in [0.15, 0.2) is 72.8 Å². The Morgan fingerprint density at radius 3 is 2.28 bits per heavy atom. The average molecular weight is 326 g/mol. The van der Waals surface area contributed by atoms with Crippen LogP contribution in [0.25, 0.3) is 22.4 Å². The minimum absolute atomic E-state index is 0.924. The number of nitrogens with zero attached hydrogens (tertiary/aromatic N) is 2. The first-order valence-electron chi connectivity index (χ1n) is 8.78.